The minimum Gasteiger partial charge on any atom is -0.478 e. The quantitative estimate of drug-likeness (QED) is 0.889. The molecule has 0 saturated heterocycles. The Kier molecular flexibility index (Phi) is 4.82. The summed E-state index contributed by atoms with van der Waals surface area (Å²) in [5.41, 5.74) is 3.03. The molecule has 22 heavy (non-hydrogen) atoms. The molecule has 2 aromatic rings. The Morgan fingerprint density at radius 3 is 2.64 bits per heavy atom. The molecule has 0 saturated carbocycles. The van der Waals surface area contributed by atoms with Crippen molar-refractivity contribution in [2.24, 2.45) is 0 Å². The van der Waals surface area contributed by atoms with Gasteiger partial charge in [0.2, 0.25) is 5.91 Å². The van der Waals surface area contributed by atoms with E-state index < -0.39 is 5.97 Å². The van der Waals surface area contributed by atoms with Gasteiger partial charge in [-0.05, 0) is 30.7 Å². The highest BCUT2D eigenvalue weighted by Crippen LogP contribution is 2.25. The monoisotopic (exact) mass is 318 g/mol. The maximum absolute atomic E-state index is 12.1. The van der Waals surface area contributed by atoms with Crippen LogP contribution < -0.4 is 10.2 Å². The molecule has 0 fully saturated rings. The fourth-order valence-electron chi connectivity index (χ4n) is 2.18. The zero-order valence-electron chi connectivity index (χ0n) is 12.7. The summed E-state index contributed by atoms with van der Waals surface area (Å²) >= 11 is 1.28. The molecule has 5 nitrogen and oxygen atoms in total. The Morgan fingerprint density at radius 1 is 1.32 bits per heavy atom. The molecule has 0 aliphatic rings. The van der Waals surface area contributed by atoms with E-state index in [1.807, 2.05) is 44.1 Å². The standard InChI is InChI=1S/C16H18N2O3S/c1-10-13(5-4-6-14(10)18(2)3)17-15(19)8-12-7-11(9-22-12)16(20)21/h4-7,9H,8H2,1-3H3,(H,17,19)(H,20,21). The van der Waals surface area contributed by atoms with E-state index >= 15 is 0 Å². The smallest absolute Gasteiger partial charge is 0.336 e. The topological polar surface area (TPSA) is 69.6 Å². The average molecular weight is 318 g/mol. The molecular weight excluding hydrogens is 300 g/mol. The van der Waals surface area contributed by atoms with Crippen LogP contribution in [0.5, 0.6) is 0 Å². The van der Waals surface area contributed by atoms with Gasteiger partial charge >= 0.3 is 5.97 Å². The zero-order chi connectivity index (χ0) is 16.3. The number of hydrogen-bond acceptors (Lipinski definition) is 4. The zero-order valence-corrected chi connectivity index (χ0v) is 13.5. The third-order valence-electron chi connectivity index (χ3n) is 3.30. The lowest BCUT2D eigenvalue weighted by atomic mass is 10.1. The van der Waals surface area contributed by atoms with Gasteiger partial charge in [0.25, 0.3) is 0 Å². The molecular formula is C16H18N2O3S. The first-order valence-corrected chi connectivity index (χ1v) is 7.64. The molecule has 1 aromatic heterocycles. The number of thiophene rings is 1. The summed E-state index contributed by atoms with van der Waals surface area (Å²) in [6, 6.07) is 7.28. The normalized spacial score (nSPS) is 10.3. The van der Waals surface area contributed by atoms with Crippen molar-refractivity contribution in [2.75, 3.05) is 24.3 Å². The summed E-state index contributed by atoms with van der Waals surface area (Å²) in [6.07, 6.45) is 0.170. The third-order valence-corrected chi connectivity index (χ3v) is 4.23. The fourth-order valence-corrected chi connectivity index (χ4v) is 3.04. The molecule has 0 atom stereocenters. The molecule has 6 heteroatoms. The highest BCUT2D eigenvalue weighted by molar-refractivity contribution is 7.10. The molecule has 2 N–H and O–H groups in total. The lowest BCUT2D eigenvalue weighted by Gasteiger charge is -2.18. The highest BCUT2D eigenvalue weighted by atomic mass is 32.1. The van der Waals surface area contributed by atoms with Gasteiger partial charge in [0.05, 0.1) is 12.0 Å². The molecule has 1 amide bonds. The van der Waals surface area contributed by atoms with Gasteiger partial charge in [0.1, 0.15) is 0 Å². The number of benzene rings is 1. The van der Waals surface area contributed by atoms with Crippen LogP contribution in [0.4, 0.5) is 11.4 Å². The number of carboxylic acids is 1. The van der Waals surface area contributed by atoms with Crippen molar-refractivity contribution < 1.29 is 14.7 Å². The van der Waals surface area contributed by atoms with E-state index in [1.165, 1.54) is 17.4 Å². The van der Waals surface area contributed by atoms with E-state index in [4.69, 9.17) is 5.11 Å². The van der Waals surface area contributed by atoms with Crippen molar-refractivity contribution in [1.82, 2.24) is 0 Å². The Morgan fingerprint density at radius 2 is 2.05 bits per heavy atom. The average Bonchev–Trinajstić information content (AvgIpc) is 2.89. The maximum atomic E-state index is 12.1. The van der Waals surface area contributed by atoms with Crippen LogP contribution in [0.25, 0.3) is 0 Å². The van der Waals surface area contributed by atoms with Crippen LogP contribution in [0.2, 0.25) is 0 Å². The SMILES string of the molecule is Cc1c(NC(=O)Cc2cc(C(=O)O)cs2)cccc1N(C)C. The van der Waals surface area contributed by atoms with Crippen LogP contribution in [0, 0.1) is 6.92 Å². The predicted molar refractivity (Wildman–Crippen MR) is 89.1 cm³/mol. The number of anilines is 2. The number of aromatic carboxylic acids is 1. The number of hydrogen-bond donors (Lipinski definition) is 2. The Balaban J connectivity index is 2.09. The van der Waals surface area contributed by atoms with Crippen molar-refractivity contribution in [3.05, 3.63) is 45.6 Å². The van der Waals surface area contributed by atoms with Crippen molar-refractivity contribution in [3.63, 3.8) is 0 Å². The van der Waals surface area contributed by atoms with Crippen LogP contribution in [-0.4, -0.2) is 31.1 Å². The van der Waals surface area contributed by atoms with Gasteiger partial charge in [-0.3, -0.25) is 4.79 Å². The van der Waals surface area contributed by atoms with Gasteiger partial charge in [-0.15, -0.1) is 11.3 Å². The number of amides is 1. The van der Waals surface area contributed by atoms with Crippen molar-refractivity contribution in [1.29, 1.82) is 0 Å². The molecule has 1 aromatic carbocycles. The summed E-state index contributed by atoms with van der Waals surface area (Å²) in [5, 5.41) is 13.3. The maximum Gasteiger partial charge on any atom is 0.336 e. The molecule has 0 spiro atoms. The summed E-state index contributed by atoms with van der Waals surface area (Å²) in [6.45, 7) is 1.96. The van der Waals surface area contributed by atoms with Crippen molar-refractivity contribution >= 4 is 34.6 Å². The van der Waals surface area contributed by atoms with Crippen LogP contribution >= 0.6 is 11.3 Å². The molecule has 1 heterocycles. The van der Waals surface area contributed by atoms with E-state index in [0.717, 1.165) is 21.8 Å². The molecule has 0 unspecified atom stereocenters. The molecule has 0 radical (unpaired) electrons. The van der Waals surface area contributed by atoms with E-state index in [0.29, 0.717) is 0 Å². The third kappa shape index (κ3) is 3.65. The lowest BCUT2D eigenvalue weighted by molar-refractivity contribution is -0.115. The Hall–Kier alpha value is -2.34. The fraction of sp³-hybridized carbons (Fsp3) is 0.250. The van der Waals surface area contributed by atoms with Crippen LogP contribution in [0.15, 0.2) is 29.6 Å². The largest absolute Gasteiger partial charge is 0.478 e. The molecule has 116 valence electrons. The second kappa shape index (κ2) is 6.62. The van der Waals surface area contributed by atoms with Crippen LogP contribution in [0.3, 0.4) is 0 Å². The molecule has 2 rings (SSSR count). The van der Waals surface area contributed by atoms with Crippen molar-refractivity contribution in [2.45, 2.75) is 13.3 Å². The first kappa shape index (κ1) is 16.0. The van der Waals surface area contributed by atoms with E-state index in [1.54, 1.807) is 5.38 Å². The number of carboxylic acid groups (broad SMARTS) is 1. The van der Waals surface area contributed by atoms with Gasteiger partial charge in [0, 0.05) is 35.7 Å². The van der Waals surface area contributed by atoms with Gasteiger partial charge in [-0.1, -0.05) is 6.07 Å². The predicted octanol–water partition coefficient (Wildman–Crippen LogP) is 3.00. The van der Waals surface area contributed by atoms with Gasteiger partial charge in [-0.2, -0.15) is 0 Å². The Bertz CT molecular complexity index is 707. The van der Waals surface area contributed by atoms with E-state index in [9.17, 15) is 9.59 Å². The summed E-state index contributed by atoms with van der Waals surface area (Å²) in [5.74, 6) is -1.13. The second-order valence-electron chi connectivity index (χ2n) is 5.18. The summed E-state index contributed by atoms with van der Waals surface area (Å²) < 4.78 is 0. The minimum atomic E-state index is -0.975. The molecule has 0 aliphatic carbocycles. The van der Waals surface area contributed by atoms with E-state index in [-0.39, 0.29) is 17.9 Å². The number of nitrogens with one attached hydrogen (secondary N) is 1. The van der Waals surface area contributed by atoms with Gasteiger partial charge < -0.3 is 15.3 Å². The first-order chi connectivity index (χ1) is 10.4. The number of carbonyl (C=O) groups is 2. The van der Waals surface area contributed by atoms with Crippen LogP contribution in [0.1, 0.15) is 20.8 Å². The second-order valence-corrected chi connectivity index (χ2v) is 6.17. The summed E-state index contributed by atoms with van der Waals surface area (Å²) in [7, 11) is 3.90. The van der Waals surface area contributed by atoms with Gasteiger partial charge in [-0.25, -0.2) is 4.79 Å². The first-order valence-electron chi connectivity index (χ1n) is 6.76. The highest BCUT2D eigenvalue weighted by Gasteiger charge is 2.12. The number of carbonyl (C=O) groups excluding carboxylic acids is 1. The Labute approximate surface area is 133 Å². The number of nitrogens with zero attached hydrogens (tertiary/aromatic N) is 1. The van der Waals surface area contributed by atoms with Gasteiger partial charge in [0.15, 0.2) is 0 Å². The summed E-state index contributed by atoms with van der Waals surface area (Å²) in [4.78, 5) is 25.7. The minimum absolute atomic E-state index is 0.155. The van der Waals surface area contributed by atoms with Crippen LogP contribution in [-0.2, 0) is 11.2 Å². The molecule has 0 bridgehead atoms. The molecule has 0 aliphatic heterocycles. The lowest BCUT2D eigenvalue weighted by Crippen LogP contribution is -2.16. The van der Waals surface area contributed by atoms with Crippen molar-refractivity contribution in [3.8, 4) is 0 Å². The van der Waals surface area contributed by atoms with E-state index in [2.05, 4.69) is 5.32 Å². The number of rotatable bonds is 5.